The van der Waals surface area contributed by atoms with Gasteiger partial charge in [0, 0.05) is 23.3 Å². The van der Waals surface area contributed by atoms with E-state index in [1.54, 1.807) is 7.11 Å². The van der Waals surface area contributed by atoms with E-state index in [0.29, 0.717) is 6.54 Å². The Balaban J connectivity index is 0.000000588. The third kappa shape index (κ3) is 7.10. The number of halogens is 1. The van der Waals surface area contributed by atoms with Crippen molar-refractivity contribution in [2.45, 2.75) is 6.54 Å². The summed E-state index contributed by atoms with van der Waals surface area (Å²) in [4.78, 5) is 0. The smallest absolute Gasteiger partial charge is 0.213 e. The first-order valence-electron chi connectivity index (χ1n) is 10.4. The van der Waals surface area contributed by atoms with Gasteiger partial charge in [-0.1, -0.05) is 48.5 Å². The lowest BCUT2D eigenvalue weighted by atomic mass is 9.99. The van der Waals surface area contributed by atoms with Crippen molar-refractivity contribution >= 4 is 0 Å². The van der Waals surface area contributed by atoms with E-state index in [0.717, 1.165) is 29.2 Å². The van der Waals surface area contributed by atoms with Gasteiger partial charge in [-0.15, -0.1) is 10.2 Å². The van der Waals surface area contributed by atoms with Crippen molar-refractivity contribution in [3.8, 4) is 39.4 Å². The van der Waals surface area contributed by atoms with Crippen LogP contribution in [0.2, 0.25) is 0 Å². The fourth-order valence-corrected chi connectivity index (χ4v) is 3.64. The molecule has 0 amide bonds. The predicted molar refractivity (Wildman–Crippen MR) is 119 cm³/mol. The molecule has 176 valence electrons. The number of ether oxygens (including phenoxy) is 1. The Morgan fingerprint density at radius 1 is 0.676 bits per heavy atom. The van der Waals surface area contributed by atoms with E-state index in [1.807, 2.05) is 24.3 Å². The number of benzene rings is 3. The van der Waals surface area contributed by atoms with Gasteiger partial charge in [0.2, 0.25) is 11.4 Å². The molecule has 34 heavy (non-hydrogen) atoms. The molecule has 0 radical (unpaired) electrons. The molecule has 0 saturated heterocycles. The highest BCUT2D eigenvalue weighted by Gasteiger charge is 2.22. The van der Waals surface area contributed by atoms with Crippen molar-refractivity contribution < 1.29 is 38.2 Å². The molecule has 4 aromatic rings. The fraction of sp³-hybridized carbons (Fsp3) is 0.115. The summed E-state index contributed by atoms with van der Waals surface area (Å²) in [5.41, 5.74) is 13.0. The van der Waals surface area contributed by atoms with Gasteiger partial charge in [-0.25, -0.2) is 18.6 Å². The quantitative estimate of drug-likeness (QED) is 0.392. The monoisotopic (exact) mass is 480 g/mol. The molecule has 0 unspecified atom stereocenters. The average Bonchev–Trinajstić information content (AvgIpc) is 2.84. The molecule has 0 spiro atoms. The van der Waals surface area contributed by atoms with Crippen molar-refractivity contribution in [2.24, 2.45) is 5.73 Å². The highest BCUT2D eigenvalue weighted by atomic mass is 35.7. The molecule has 0 aliphatic carbocycles. The third-order valence-corrected chi connectivity index (χ3v) is 5.08. The Bertz CT molecular complexity index is 1110. The first-order chi connectivity index (χ1) is 16.3. The van der Waals surface area contributed by atoms with Crippen LogP contribution in [0.5, 0.6) is 5.75 Å². The van der Waals surface area contributed by atoms with Crippen LogP contribution in [0, 0.1) is 10.2 Å². The lowest BCUT2D eigenvalue weighted by Crippen LogP contribution is -2.68. The molecule has 4 rings (SSSR count). The molecule has 1 aromatic heterocycles. The number of aromatic nitrogens is 1. The molecule has 0 bridgehead atoms. The van der Waals surface area contributed by atoms with Crippen LogP contribution in [0.4, 0.5) is 0 Å². The van der Waals surface area contributed by atoms with Crippen LogP contribution >= 0.6 is 0 Å². The Labute approximate surface area is 200 Å². The fourth-order valence-electron chi connectivity index (χ4n) is 3.64. The summed E-state index contributed by atoms with van der Waals surface area (Å²) in [5, 5.41) is 0. The van der Waals surface area contributed by atoms with Gasteiger partial charge in [-0.3, -0.25) is 0 Å². The normalized spacial score (nSPS) is 10.9. The summed E-state index contributed by atoms with van der Waals surface area (Å²) < 4.78 is 41.6. The van der Waals surface area contributed by atoms with Crippen LogP contribution in [-0.2, 0) is 6.54 Å². The molecule has 0 aliphatic heterocycles. The van der Waals surface area contributed by atoms with Crippen LogP contribution in [0.25, 0.3) is 33.6 Å². The van der Waals surface area contributed by atoms with Crippen molar-refractivity contribution in [2.75, 3.05) is 13.7 Å². The van der Waals surface area contributed by atoms with Crippen LogP contribution in [0.3, 0.4) is 0 Å². The van der Waals surface area contributed by atoms with Crippen molar-refractivity contribution in [3.05, 3.63) is 97.1 Å². The Kier molecular flexibility index (Phi) is 8.72. The minimum absolute atomic E-state index is 0.576. The van der Waals surface area contributed by atoms with E-state index < -0.39 is 10.2 Å². The van der Waals surface area contributed by atoms with Gasteiger partial charge < -0.3 is 10.5 Å². The summed E-state index contributed by atoms with van der Waals surface area (Å²) in [5.74, 6) is 0.856. The number of methoxy groups -OCH3 is 1. The maximum Gasteiger partial charge on any atom is 0.213 e. The van der Waals surface area contributed by atoms with Gasteiger partial charge in [0.25, 0.3) is 0 Å². The number of hydrogen-bond donors (Lipinski definition) is 1. The number of nitrogens with two attached hydrogens (primary N) is 1. The predicted octanol–water partition coefficient (Wildman–Crippen LogP) is 0.186. The molecule has 1 heterocycles. The van der Waals surface area contributed by atoms with Gasteiger partial charge in [-0.05, 0) is 47.5 Å². The number of pyridine rings is 1. The van der Waals surface area contributed by atoms with Gasteiger partial charge in [0.05, 0.1) is 13.7 Å². The van der Waals surface area contributed by atoms with Crippen LogP contribution in [0.15, 0.2) is 97.1 Å². The Morgan fingerprint density at radius 3 is 1.50 bits per heavy atom. The molecule has 8 heteroatoms. The van der Waals surface area contributed by atoms with E-state index >= 15 is 0 Å². The zero-order chi connectivity index (χ0) is 24.6. The lowest BCUT2D eigenvalue weighted by Gasteiger charge is -2.17. The third-order valence-electron chi connectivity index (χ3n) is 5.08. The Morgan fingerprint density at radius 2 is 1.12 bits per heavy atom. The topological polar surface area (TPSA) is 131 Å². The minimum atomic E-state index is -4.94. The van der Waals surface area contributed by atoms with Crippen molar-refractivity contribution in [1.29, 1.82) is 0 Å². The summed E-state index contributed by atoms with van der Waals surface area (Å²) in [6.45, 7) is 1.32. The molecule has 0 aliphatic rings. The molecule has 0 fully saturated rings. The summed E-state index contributed by atoms with van der Waals surface area (Å²) >= 11 is 0. The van der Waals surface area contributed by atoms with Gasteiger partial charge in [0.15, 0.2) is 6.54 Å². The van der Waals surface area contributed by atoms with Crippen molar-refractivity contribution in [3.63, 3.8) is 0 Å². The molecule has 0 atom stereocenters. The first kappa shape index (κ1) is 25.3. The van der Waals surface area contributed by atoms with Gasteiger partial charge in [-0.2, -0.15) is 4.57 Å². The zero-order valence-electron chi connectivity index (χ0n) is 18.6. The zero-order valence-corrected chi connectivity index (χ0v) is 19.4. The first-order valence-corrected chi connectivity index (χ1v) is 11.7. The molecule has 3 aromatic carbocycles. The van der Waals surface area contributed by atoms with Crippen LogP contribution in [0.1, 0.15) is 0 Å². The molecule has 7 nitrogen and oxygen atoms in total. The highest BCUT2D eigenvalue weighted by Crippen LogP contribution is 2.30. The standard InChI is InChI=1S/C26H25N2O.ClHO4/c1-29-24-14-12-20(13-15-24)23-18-25(21-8-4-2-5-9-21)28(17-16-27)26(19-23)22-10-6-3-7-11-22;2-1(3,4)5/h2-15,18-19H,16-17,27H2,1H3;(H,2,3,4,5)/q+1;/p-1. The molecular formula is C26H25ClN2O5. The van der Waals surface area contributed by atoms with Gasteiger partial charge in [0.1, 0.15) is 5.75 Å². The second-order valence-corrected chi connectivity index (χ2v) is 8.05. The largest absolute Gasteiger partial charge is 0.497 e. The minimum Gasteiger partial charge on any atom is -0.497 e. The lowest BCUT2D eigenvalue weighted by molar-refractivity contribution is -2.00. The summed E-state index contributed by atoms with van der Waals surface area (Å²) in [6, 6.07) is 33.7. The van der Waals surface area contributed by atoms with Crippen LogP contribution in [-0.4, -0.2) is 13.7 Å². The van der Waals surface area contributed by atoms with Crippen LogP contribution < -0.4 is 33.7 Å². The van der Waals surface area contributed by atoms with E-state index in [1.165, 1.54) is 16.7 Å². The molecule has 0 saturated carbocycles. The summed E-state index contributed by atoms with van der Waals surface area (Å²) in [7, 11) is -3.26. The maximum atomic E-state index is 8.49. The van der Waals surface area contributed by atoms with E-state index in [2.05, 4.69) is 77.4 Å². The number of nitrogens with zero attached hydrogens (tertiary/aromatic N) is 1. The Hall–Kier alpha value is -3.30. The molecule has 2 N–H and O–H groups in total. The van der Waals surface area contributed by atoms with Gasteiger partial charge >= 0.3 is 0 Å². The average molecular weight is 481 g/mol. The van der Waals surface area contributed by atoms with Crippen molar-refractivity contribution in [1.82, 2.24) is 0 Å². The van der Waals surface area contributed by atoms with E-state index in [9.17, 15) is 0 Å². The van der Waals surface area contributed by atoms with E-state index in [-0.39, 0.29) is 0 Å². The highest BCUT2D eigenvalue weighted by molar-refractivity contribution is 5.74. The summed E-state index contributed by atoms with van der Waals surface area (Å²) in [6.07, 6.45) is 0. The number of hydrogen-bond acceptors (Lipinski definition) is 6. The maximum absolute atomic E-state index is 8.49. The SMILES string of the molecule is COc1ccc(-c2cc(-c3ccccc3)[n+](CCN)c(-c3ccccc3)c2)cc1.[O-][Cl+3]([O-])([O-])[O-]. The number of rotatable bonds is 6. The molecular weight excluding hydrogens is 456 g/mol. The second-order valence-electron chi connectivity index (χ2n) is 7.29. The second kappa shape index (κ2) is 11.7. The van der Waals surface area contributed by atoms with E-state index in [4.69, 9.17) is 29.1 Å².